The fourth-order valence-electron chi connectivity index (χ4n) is 3.44. The number of carbonyl (C=O) groups is 2. The van der Waals surface area contributed by atoms with E-state index in [0.29, 0.717) is 51.4 Å². The van der Waals surface area contributed by atoms with Gasteiger partial charge in [-0.05, 0) is 56.3 Å². The van der Waals surface area contributed by atoms with E-state index in [4.69, 9.17) is 9.15 Å². The van der Waals surface area contributed by atoms with Crippen molar-refractivity contribution in [2.24, 2.45) is 0 Å². The molecule has 32 heavy (non-hydrogen) atoms. The number of anilines is 2. The lowest BCUT2D eigenvalue weighted by molar-refractivity contribution is 0.0526. The minimum Gasteiger partial charge on any atom is -0.463 e. The first-order valence-electron chi connectivity index (χ1n) is 10.4. The van der Waals surface area contributed by atoms with Crippen LogP contribution in [0.3, 0.4) is 0 Å². The Labute approximate surface area is 185 Å². The van der Waals surface area contributed by atoms with Gasteiger partial charge in [-0.2, -0.15) is 0 Å². The van der Waals surface area contributed by atoms with Crippen LogP contribution in [-0.4, -0.2) is 30.0 Å². The number of para-hydroxylation sites is 1. The molecule has 4 aromatic rings. The summed E-state index contributed by atoms with van der Waals surface area (Å²) < 4.78 is 10.6. The lowest BCUT2D eigenvalue weighted by atomic mass is 10.1. The van der Waals surface area contributed by atoms with Crippen molar-refractivity contribution in [3.8, 4) is 11.5 Å². The van der Waals surface area contributed by atoms with Crippen LogP contribution in [0.1, 0.15) is 34.6 Å². The minimum absolute atomic E-state index is 0.272. The summed E-state index contributed by atoms with van der Waals surface area (Å²) in [5.74, 6) is -0.195. The first-order chi connectivity index (χ1) is 15.6. The van der Waals surface area contributed by atoms with Crippen molar-refractivity contribution in [3.05, 3.63) is 78.1 Å². The first kappa shape index (κ1) is 21.1. The van der Waals surface area contributed by atoms with Gasteiger partial charge in [0.25, 0.3) is 5.91 Å². The van der Waals surface area contributed by atoms with Gasteiger partial charge in [-0.3, -0.25) is 4.79 Å². The molecular formula is C25H23N3O4. The van der Waals surface area contributed by atoms with E-state index in [1.54, 1.807) is 49.6 Å². The third-order valence-corrected chi connectivity index (χ3v) is 4.88. The van der Waals surface area contributed by atoms with Crippen LogP contribution >= 0.6 is 0 Å². The number of amides is 1. The fourth-order valence-corrected chi connectivity index (χ4v) is 3.44. The molecule has 4 rings (SSSR count). The van der Waals surface area contributed by atoms with Crippen LogP contribution in [0.15, 0.2) is 71.3 Å². The van der Waals surface area contributed by atoms with Crippen LogP contribution in [0.5, 0.6) is 0 Å². The number of ether oxygens (including phenoxy) is 1. The van der Waals surface area contributed by atoms with Gasteiger partial charge in [0, 0.05) is 11.9 Å². The second-order valence-corrected chi connectivity index (χ2v) is 7.01. The highest BCUT2D eigenvalue weighted by atomic mass is 16.5. The molecule has 0 radical (unpaired) electrons. The van der Waals surface area contributed by atoms with Gasteiger partial charge in [-0.25, -0.2) is 9.78 Å². The molecule has 162 valence electrons. The lowest BCUT2D eigenvalue weighted by Gasteiger charge is -2.15. The summed E-state index contributed by atoms with van der Waals surface area (Å²) in [5, 5.41) is 6.87. The molecule has 0 spiro atoms. The number of esters is 1. The monoisotopic (exact) mass is 429 g/mol. The van der Waals surface area contributed by atoms with E-state index >= 15 is 0 Å². The molecule has 0 aliphatic carbocycles. The summed E-state index contributed by atoms with van der Waals surface area (Å²) in [6, 6.07) is 17.7. The standard InChI is InChI=1S/C25H23N3O4/c1-3-26-20-12-11-16(25(30)31-4-2)14-21(20)28-24(29)18-15-22(23-10-7-13-32-23)27-19-9-6-5-8-17(18)19/h5-15,26H,3-4H2,1-2H3,(H,28,29). The zero-order chi connectivity index (χ0) is 22.5. The van der Waals surface area contributed by atoms with Gasteiger partial charge < -0.3 is 19.8 Å². The minimum atomic E-state index is -0.444. The maximum absolute atomic E-state index is 13.4. The molecule has 0 fully saturated rings. The van der Waals surface area contributed by atoms with E-state index in [1.807, 2.05) is 31.2 Å². The Morgan fingerprint density at radius 3 is 2.59 bits per heavy atom. The second-order valence-electron chi connectivity index (χ2n) is 7.01. The third kappa shape index (κ3) is 4.32. The van der Waals surface area contributed by atoms with Crippen LogP contribution in [0.4, 0.5) is 11.4 Å². The van der Waals surface area contributed by atoms with Crippen LogP contribution in [-0.2, 0) is 4.74 Å². The van der Waals surface area contributed by atoms with Crippen molar-refractivity contribution in [3.63, 3.8) is 0 Å². The summed E-state index contributed by atoms with van der Waals surface area (Å²) in [5.41, 5.74) is 3.25. The van der Waals surface area contributed by atoms with Crippen molar-refractivity contribution in [2.45, 2.75) is 13.8 Å². The quantitative estimate of drug-likeness (QED) is 0.384. The Balaban J connectivity index is 1.75. The van der Waals surface area contributed by atoms with Crippen molar-refractivity contribution < 1.29 is 18.7 Å². The SMILES string of the molecule is CCNc1ccc(C(=O)OCC)cc1NC(=O)c1cc(-c2ccco2)nc2ccccc12. The molecule has 2 aromatic heterocycles. The average molecular weight is 429 g/mol. The van der Waals surface area contributed by atoms with Crippen LogP contribution in [0.25, 0.3) is 22.4 Å². The number of furan rings is 1. The predicted octanol–water partition coefficient (Wildman–Crippen LogP) is 5.36. The highest BCUT2D eigenvalue weighted by Gasteiger charge is 2.18. The van der Waals surface area contributed by atoms with E-state index in [1.165, 1.54) is 0 Å². The molecule has 0 aliphatic rings. The molecule has 0 atom stereocenters. The summed E-state index contributed by atoms with van der Waals surface area (Å²) in [7, 11) is 0. The second kappa shape index (κ2) is 9.34. The Morgan fingerprint density at radius 2 is 1.84 bits per heavy atom. The molecule has 0 saturated heterocycles. The van der Waals surface area contributed by atoms with E-state index in [-0.39, 0.29) is 12.5 Å². The van der Waals surface area contributed by atoms with Gasteiger partial charge in [0.2, 0.25) is 0 Å². The number of fused-ring (bicyclic) bond motifs is 1. The fraction of sp³-hybridized carbons (Fsp3) is 0.160. The number of pyridine rings is 1. The van der Waals surface area contributed by atoms with Gasteiger partial charge in [-0.15, -0.1) is 0 Å². The number of hydrogen-bond donors (Lipinski definition) is 2. The molecule has 2 heterocycles. The molecule has 0 bridgehead atoms. The van der Waals surface area contributed by atoms with E-state index in [9.17, 15) is 9.59 Å². The van der Waals surface area contributed by atoms with Gasteiger partial charge in [-0.1, -0.05) is 18.2 Å². The highest BCUT2D eigenvalue weighted by molar-refractivity contribution is 6.14. The van der Waals surface area contributed by atoms with E-state index in [2.05, 4.69) is 15.6 Å². The normalized spacial score (nSPS) is 10.7. The van der Waals surface area contributed by atoms with E-state index in [0.717, 1.165) is 0 Å². The van der Waals surface area contributed by atoms with Crippen molar-refractivity contribution in [2.75, 3.05) is 23.8 Å². The first-order valence-corrected chi connectivity index (χ1v) is 10.4. The van der Waals surface area contributed by atoms with Gasteiger partial charge in [0.1, 0.15) is 5.69 Å². The predicted molar refractivity (Wildman–Crippen MR) is 124 cm³/mol. The molecule has 2 aromatic carbocycles. The molecular weight excluding hydrogens is 406 g/mol. The molecule has 0 unspecified atom stereocenters. The smallest absolute Gasteiger partial charge is 0.338 e. The highest BCUT2D eigenvalue weighted by Crippen LogP contribution is 2.28. The van der Waals surface area contributed by atoms with Gasteiger partial charge in [0.05, 0.1) is 40.9 Å². The number of hydrogen-bond acceptors (Lipinski definition) is 6. The Bertz CT molecular complexity index is 1270. The summed E-state index contributed by atoms with van der Waals surface area (Å²) in [4.78, 5) is 30.2. The molecule has 2 N–H and O–H groups in total. The molecule has 0 aliphatic heterocycles. The van der Waals surface area contributed by atoms with E-state index < -0.39 is 5.97 Å². The Morgan fingerprint density at radius 1 is 1.00 bits per heavy atom. The zero-order valence-corrected chi connectivity index (χ0v) is 17.8. The van der Waals surface area contributed by atoms with Gasteiger partial charge >= 0.3 is 5.97 Å². The number of aromatic nitrogens is 1. The Kier molecular flexibility index (Phi) is 6.17. The average Bonchev–Trinajstić information content (AvgIpc) is 3.35. The number of benzene rings is 2. The van der Waals surface area contributed by atoms with Crippen LogP contribution < -0.4 is 10.6 Å². The largest absolute Gasteiger partial charge is 0.463 e. The maximum atomic E-state index is 13.4. The zero-order valence-electron chi connectivity index (χ0n) is 17.8. The number of carbonyl (C=O) groups excluding carboxylic acids is 2. The lowest BCUT2D eigenvalue weighted by Crippen LogP contribution is -2.16. The number of nitrogens with one attached hydrogen (secondary N) is 2. The Hall–Kier alpha value is -4.13. The van der Waals surface area contributed by atoms with Crippen LogP contribution in [0, 0.1) is 0 Å². The summed E-state index contributed by atoms with van der Waals surface area (Å²) >= 11 is 0. The summed E-state index contributed by atoms with van der Waals surface area (Å²) in [6.07, 6.45) is 1.57. The number of rotatable bonds is 7. The topological polar surface area (TPSA) is 93.5 Å². The van der Waals surface area contributed by atoms with Gasteiger partial charge in [0.15, 0.2) is 5.76 Å². The molecule has 7 nitrogen and oxygen atoms in total. The maximum Gasteiger partial charge on any atom is 0.338 e. The molecule has 1 amide bonds. The summed E-state index contributed by atoms with van der Waals surface area (Å²) in [6.45, 7) is 4.63. The third-order valence-electron chi connectivity index (χ3n) is 4.88. The molecule has 7 heteroatoms. The van der Waals surface area contributed by atoms with Crippen molar-refractivity contribution in [1.29, 1.82) is 0 Å². The van der Waals surface area contributed by atoms with Crippen molar-refractivity contribution in [1.82, 2.24) is 4.98 Å². The van der Waals surface area contributed by atoms with Crippen LogP contribution in [0.2, 0.25) is 0 Å². The molecule has 0 saturated carbocycles. The van der Waals surface area contributed by atoms with Crippen molar-refractivity contribution >= 4 is 34.2 Å². The number of nitrogens with zero attached hydrogens (tertiary/aromatic N) is 1.